The first-order valence-corrected chi connectivity index (χ1v) is 5.52. The second kappa shape index (κ2) is 3.95. The molecule has 2 nitrogen and oxygen atoms in total. The van der Waals surface area contributed by atoms with Gasteiger partial charge in [0.15, 0.2) is 0 Å². The van der Waals surface area contributed by atoms with Gasteiger partial charge in [0.25, 0.3) is 0 Å². The predicted molar refractivity (Wildman–Crippen MR) is 52.8 cm³/mol. The molecule has 0 amide bonds. The molecule has 0 heterocycles. The molecule has 0 fully saturated rings. The summed E-state index contributed by atoms with van der Waals surface area (Å²) < 4.78 is 11.1. The predicted octanol–water partition coefficient (Wildman–Crippen LogP) is 1.62. The fraction of sp³-hybridized carbons (Fsp3) is 0.286. The van der Waals surface area contributed by atoms with Gasteiger partial charge in [0.05, 0.1) is 4.86 Å². The molecule has 0 aromatic carbocycles. The van der Waals surface area contributed by atoms with Crippen molar-refractivity contribution in [3.8, 4) is 0 Å². The molecule has 4 heteroatoms. The monoisotopic (exact) mass is 193 g/mol. The summed E-state index contributed by atoms with van der Waals surface area (Å²) in [5.41, 5.74) is 0.794. The van der Waals surface area contributed by atoms with Crippen LogP contribution in [0.1, 0.15) is 13.8 Å². The summed E-state index contributed by atoms with van der Waals surface area (Å²) in [7, 11) is 2.56. The van der Waals surface area contributed by atoms with Gasteiger partial charge in [-0.1, -0.05) is 18.7 Å². The van der Waals surface area contributed by atoms with Gasteiger partial charge in [-0.25, -0.2) is 9.35 Å². The molecule has 64 valence electrons. The van der Waals surface area contributed by atoms with Crippen LogP contribution in [0.3, 0.4) is 0 Å². The van der Waals surface area contributed by atoms with E-state index in [2.05, 4.69) is 6.58 Å². The van der Waals surface area contributed by atoms with Crippen molar-refractivity contribution in [2.24, 2.45) is 5.14 Å². The molecule has 0 aromatic rings. The van der Waals surface area contributed by atoms with Crippen LogP contribution in [0, 0.1) is 0 Å². The number of allylic oxidation sites excluding steroid dienone is 3. The third-order valence-electron chi connectivity index (χ3n) is 1.31. The van der Waals surface area contributed by atoms with Gasteiger partial charge in [-0.3, -0.25) is 0 Å². The molecule has 0 rings (SSSR count). The van der Waals surface area contributed by atoms with E-state index in [0.717, 1.165) is 5.57 Å². The minimum absolute atomic E-state index is 0.404. The number of hydrogen-bond acceptors (Lipinski definition) is 1. The molecule has 2 N–H and O–H groups in total. The molecule has 0 bridgehead atoms. The van der Waals surface area contributed by atoms with Crippen LogP contribution in [0.25, 0.3) is 0 Å². The van der Waals surface area contributed by atoms with Gasteiger partial charge in [0.1, 0.15) is 8.92 Å². The van der Waals surface area contributed by atoms with Crippen molar-refractivity contribution < 1.29 is 4.21 Å². The van der Waals surface area contributed by atoms with Crippen LogP contribution < -0.4 is 5.14 Å². The van der Waals surface area contributed by atoms with E-state index >= 15 is 0 Å². The van der Waals surface area contributed by atoms with Gasteiger partial charge in [-0.05, 0) is 30.1 Å². The minimum atomic E-state index is -2.87. The highest BCUT2D eigenvalue weighted by molar-refractivity contribution is 8.21. The van der Waals surface area contributed by atoms with Crippen molar-refractivity contribution in [2.45, 2.75) is 13.8 Å². The third kappa shape index (κ3) is 3.10. The fourth-order valence-electron chi connectivity index (χ4n) is 0.636. The van der Waals surface area contributed by atoms with E-state index in [0.29, 0.717) is 4.86 Å². The average molecular weight is 194 g/mol. The SMILES string of the molecule is C=CC(/C(C)=C/C)=S(N)(=O)Cl. The standard InChI is InChI=1S/C7H12ClNOS/c1-4-6(3)7(5-2)11(8,9)10/h4-5H,2H2,1,3H3,(H2,9,10)/b6-4+. The lowest BCUT2D eigenvalue weighted by Gasteiger charge is -2.02. The molecule has 0 aliphatic heterocycles. The zero-order chi connectivity index (χ0) is 9.07. The molecular formula is C7H12ClNOS. The zero-order valence-electron chi connectivity index (χ0n) is 6.63. The molecular weight excluding hydrogens is 182 g/mol. The summed E-state index contributed by atoms with van der Waals surface area (Å²) in [6.07, 6.45) is 3.20. The normalized spacial score (nSPS) is 17.3. The van der Waals surface area contributed by atoms with Crippen molar-refractivity contribution in [3.63, 3.8) is 0 Å². The lowest BCUT2D eigenvalue weighted by molar-refractivity contribution is 0.690. The van der Waals surface area contributed by atoms with Gasteiger partial charge in [0.2, 0.25) is 0 Å². The topological polar surface area (TPSA) is 43.1 Å². The Labute approximate surface area is 72.4 Å². The highest BCUT2D eigenvalue weighted by atomic mass is 35.7. The Morgan fingerprint density at radius 2 is 2.18 bits per heavy atom. The maximum absolute atomic E-state index is 11.1. The van der Waals surface area contributed by atoms with Crippen LogP contribution in [-0.4, -0.2) is 9.07 Å². The summed E-state index contributed by atoms with van der Waals surface area (Å²) in [5, 5.41) is 5.21. The Morgan fingerprint density at radius 1 is 1.73 bits per heavy atom. The largest absolute Gasteiger partial charge is 0.246 e. The highest BCUT2D eigenvalue weighted by Crippen LogP contribution is 2.04. The van der Waals surface area contributed by atoms with E-state index in [1.807, 2.05) is 6.92 Å². The van der Waals surface area contributed by atoms with Crippen LogP contribution in [0.4, 0.5) is 0 Å². The van der Waals surface area contributed by atoms with E-state index in [-0.39, 0.29) is 0 Å². The molecule has 0 saturated heterocycles. The van der Waals surface area contributed by atoms with E-state index in [1.165, 1.54) is 6.08 Å². The van der Waals surface area contributed by atoms with Crippen molar-refractivity contribution >= 4 is 24.5 Å². The van der Waals surface area contributed by atoms with E-state index in [4.69, 9.17) is 15.8 Å². The van der Waals surface area contributed by atoms with Crippen molar-refractivity contribution in [1.82, 2.24) is 0 Å². The van der Waals surface area contributed by atoms with Crippen molar-refractivity contribution in [3.05, 3.63) is 24.3 Å². The Morgan fingerprint density at radius 3 is 2.27 bits per heavy atom. The molecule has 1 atom stereocenters. The molecule has 0 radical (unpaired) electrons. The van der Waals surface area contributed by atoms with Gasteiger partial charge in [-0.15, -0.1) is 0 Å². The Kier molecular flexibility index (Phi) is 3.86. The fourth-order valence-corrected chi connectivity index (χ4v) is 1.97. The molecule has 1 unspecified atom stereocenters. The van der Waals surface area contributed by atoms with Crippen molar-refractivity contribution in [1.29, 1.82) is 0 Å². The van der Waals surface area contributed by atoms with E-state index in [9.17, 15) is 4.21 Å². The van der Waals surface area contributed by atoms with E-state index < -0.39 is 8.92 Å². The van der Waals surface area contributed by atoms with Crippen molar-refractivity contribution in [2.75, 3.05) is 0 Å². The third-order valence-corrected chi connectivity index (χ3v) is 2.89. The number of halogens is 1. The minimum Gasteiger partial charge on any atom is -0.246 e. The van der Waals surface area contributed by atoms with Crippen LogP contribution in [0.2, 0.25) is 0 Å². The van der Waals surface area contributed by atoms with Crippen LogP contribution >= 0.6 is 10.7 Å². The number of rotatable bonds is 2. The summed E-state index contributed by atoms with van der Waals surface area (Å²) in [6, 6.07) is 0. The first kappa shape index (κ1) is 10.8. The molecule has 0 saturated carbocycles. The molecule has 0 spiro atoms. The Bertz CT molecular complexity index is 290. The van der Waals surface area contributed by atoms with Crippen LogP contribution in [0.15, 0.2) is 24.3 Å². The lowest BCUT2D eigenvalue weighted by atomic mass is 10.2. The van der Waals surface area contributed by atoms with Gasteiger partial charge >= 0.3 is 0 Å². The first-order chi connectivity index (χ1) is 4.93. The second-order valence-electron chi connectivity index (χ2n) is 2.07. The molecule has 0 aliphatic carbocycles. The lowest BCUT2D eigenvalue weighted by Crippen LogP contribution is -2.15. The molecule has 0 aromatic heterocycles. The van der Waals surface area contributed by atoms with Gasteiger partial charge in [-0.2, -0.15) is 0 Å². The Balaban J connectivity index is 5.35. The van der Waals surface area contributed by atoms with Crippen LogP contribution in [-0.2, 0) is 8.92 Å². The number of nitrogens with two attached hydrogens (primary N) is 1. The van der Waals surface area contributed by atoms with Gasteiger partial charge < -0.3 is 0 Å². The quantitative estimate of drug-likeness (QED) is 0.404. The van der Waals surface area contributed by atoms with E-state index in [1.54, 1.807) is 13.0 Å². The molecule has 0 aliphatic rings. The second-order valence-corrected chi connectivity index (χ2v) is 4.94. The summed E-state index contributed by atoms with van der Waals surface area (Å²) in [6.45, 7) is 7.08. The highest BCUT2D eigenvalue weighted by Gasteiger charge is 2.04. The van der Waals surface area contributed by atoms with Crippen LogP contribution in [0.5, 0.6) is 0 Å². The Hall–Kier alpha value is -0.250. The zero-order valence-corrected chi connectivity index (χ0v) is 8.21. The summed E-state index contributed by atoms with van der Waals surface area (Å²) in [4.78, 5) is 0.404. The summed E-state index contributed by atoms with van der Waals surface area (Å²) >= 11 is 0. The smallest absolute Gasteiger partial charge is 0.119 e. The summed E-state index contributed by atoms with van der Waals surface area (Å²) in [5.74, 6) is 0. The number of hydrogen-bond donors (Lipinski definition) is 1. The first-order valence-electron chi connectivity index (χ1n) is 3.07. The maximum atomic E-state index is 11.1. The molecule has 11 heavy (non-hydrogen) atoms. The average Bonchev–Trinajstić information content (AvgIpc) is 1.86. The maximum Gasteiger partial charge on any atom is 0.119 e. The van der Waals surface area contributed by atoms with Gasteiger partial charge in [0, 0.05) is 0 Å².